The summed E-state index contributed by atoms with van der Waals surface area (Å²) < 4.78 is 0. The highest BCUT2D eigenvalue weighted by Gasteiger charge is 2.43. The van der Waals surface area contributed by atoms with Crippen LogP contribution in [-0.2, 0) is 4.79 Å². The van der Waals surface area contributed by atoms with Crippen LogP contribution < -0.4 is 10.6 Å². The van der Waals surface area contributed by atoms with Crippen molar-refractivity contribution in [2.75, 3.05) is 6.26 Å². The number of hydrogen-bond donors (Lipinski definition) is 2. The first-order chi connectivity index (χ1) is 8.76. The summed E-state index contributed by atoms with van der Waals surface area (Å²) >= 11 is 1.98. The van der Waals surface area contributed by atoms with E-state index in [0.29, 0.717) is 24.0 Å². The van der Waals surface area contributed by atoms with Crippen LogP contribution in [0.4, 0.5) is 0 Å². The van der Waals surface area contributed by atoms with Crippen LogP contribution in [0.5, 0.6) is 0 Å². The van der Waals surface area contributed by atoms with Gasteiger partial charge < -0.3 is 10.6 Å². The lowest BCUT2D eigenvalue weighted by atomic mass is 9.87. The molecule has 3 aliphatic rings. The fourth-order valence-electron chi connectivity index (χ4n) is 3.87. The highest BCUT2D eigenvalue weighted by molar-refractivity contribution is 7.99. The van der Waals surface area contributed by atoms with Gasteiger partial charge in [-0.15, -0.1) is 0 Å². The van der Waals surface area contributed by atoms with Crippen LogP contribution in [0.1, 0.15) is 44.9 Å². The van der Waals surface area contributed by atoms with E-state index < -0.39 is 0 Å². The van der Waals surface area contributed by atoms with Crippen molar-refractivity contribution in [3.05, 3.63) is 0 Å². The maximum absolute atomic E-state index is 12.3. The Morgan fingerprint density at radius 1 is 1.17 bits per heavy atom. The van der Waals surface area contributed by atoms with E-state index in [1.165, 1.54) is 38.5 Å². The van der Waals surface area contributed by atoms with Gasteiger partial charge in [-0.25, -0.2) is 0 Å². The van der Waals surface area contributed by atoms with Crippen molar-refractivity contribution >= 4 is 17.7 Å². The zero-order chi connectivity index (χ0) is 12.5. The molecule has 2 heterocycles. The molecule has 1 saturated carbocycles. The minimum Gasteiger partial charge on any atom is -0.353 e. The molecule has 0 aromatic rings. The number of fused-ring (bicyclic) bond motifs is 2. The quantitative estimate of drug-likeness (QED) is 0.821. The normalized spacial score (nSPS) is 43.1. The molecule has 4 heteroatoms. The Kier molecular flexibility index (Phi) is 3.85. The molecule has 102 valence electrons. The van der Waals surface area contributed by atoms with E-state index in [1.807, 2.05) is 11.8 Å². The second-order valence-electron chi connectivity index (χ2n) is 6.11. The second-order valence-corrected chi connectivity index (χ2v) is 7.25. The van der Waals surface area contributed by atoms with Gasteiger partial charge in [-0.2, -0.15) is 11.8 Å². The lowest BCUT2D eigenvalue weighted by molar-refractivity contribution is -0.126. The molecule has 2 saturated heterocycles. The van der Waals surface area contributed by atoms with Gasteiger partial charge in [-0.3, -0.25) is 4.79 Å². The molecule has 3 rings (SSSR count). The van der Waals surface area contributed by atoms with E-state index in [1.54, 1.807) is 0 Å². The minimum absolute atomic E-state index is 0.252. The van der Waals surface area contributed by atoms with Crippen molar-refractivity contribution in [1.29, 1.82) is 0 Å². The third-order valence-corrected chi connectivity index (χ3v) is 6.13. The van der Waals surface area contributed by atoms with E-state index in [2.05, 4.69) is 16.9 Å². The molecule has 0 spiro atoms. The number of rotatable bonds is 3. The summed E-state index contributed by atoms with van der Waals surface area (Å²) in [6, 6.07) is 1.54. The Morgan fingerprint density at radius 3 is 2.50 bits per heavy atom. The summed E-state index contributed by atoms with van der Waals surface area (Å²) in [5.74, 6) is 0.573. The first-order valence-corrected chi connectivity index (χ1v) is 8.64. The first-order valence-electron chi connectivity index (χ1n) is 7.35. The topological polar surface area (TPSA) is 41.1 Å². The van der Waals surface area contributed by atoms with Gasteiger partial charge in [-0.1, -0.05) is 0 Å². The van der Waals surface area contributed by atoms with E-state index >= 15 is 0 Å². The highest BCUT2D eigenvalue weighted by atomic mass is 32.2. The fourth-order valence-corrected chi connectivity index (χ4v) is 4.61. The number of hydrogen-bond acceptors (Lipinski definition) is 3. The zero-order valence-corrected chi connectivity index (χ0v) is 12.0. The lowest BCUT2D eigenvalue weighted by Gasteiger charge is -2.30. The molecule has 2 aliphatic heterocycles. The van der Waals surface area contributed by atoms with Crippen molar-refractivity contribution in [3.8, 4) is 0 Å². The van der Waals surface area contributed by atoms with Crippen LogP contribution >= 0.6 is 11.8 Å². The summed E-state index contributed by atoms with van der Waals surface area (Å²) in [6.45, 7) is 0. The number of carbonyl (C=O) groups excluding carboxylic acids is 1. The summed E-state index contributed by atoms with van der Waals surface area (Å²) in [6.07, 6.45) is 10.6. The van der Waals surface area contributed by atoms with E-state index in [4.69, 9.17) is 0 Å². The predicted molar refractivity (Wildman–Crippen MR) is 75.8 cm³/mol. The highest BCUT2D eigenvalue weighted by Crippen LogP contribution is 2.34. The monoisotopic (exact) mass is 268 g/mol. The molecule has 3 unspecified atom stereocenters. The Bertz CT molecular complexity index is 315. The van der Waals surface area contributed by atoms with Gasteiger partial charge in [0.25, 0.3) is 0 Å². The van der Waals surface area contributed by atoms with Crippen molar-refractivity contribution in [3.63, 3.8) is 0 Å². The summed E-state index contributed by atoms with van der Waals surface area (Å²) in [7, 11) is 0. The molecule has 2 N–H and O–H groups in total. The molecule has 1 amide bonds. The van der Waals surface area contributed by atoms with E-state index in [0.717, 1.165) is 11.7 Å². The molecular weight excluding hydrogens is 244 g/mol. The largest absolute Gasteiger partial charge is 0.353 e. The Hall–Kier alpha value is -0.220. The lowest BCUT2D eigenvalue weighted by Crippen LogP contribution is -2.44. The van der Waals surface area contributed by atoms with Crippen LogP contribution in [0, 0.1) is 5.92 Å². The predicted octanol–water partition coefficient (Wildman–Crippen LogP) is 1.92. The van der Waals surface area contributed by atoms with Crippen molar-refractivity contribution in [1.82, 2.24) is 10.6 Å². The molecule has 18 heavy (non-hydrogen) atoms. The third kappa shape index (κ3) is 2.55. The summed E-state index contributed by atoms with van der Waals surface area (Å²) in [5.41, 5.74) is 0. The molecule has 0 aromatic heterocycles. The molecule has 1 aliphatic carbocycles. The fraction of sp³-hybridized carbons (Fsp3) is 0.929. The molecule has 0 radical (unpaired) electrons. The van der Waals surface area contributed by atoms with Gasteiger partial charge in [-0.05, 0) is 51.2 Å². The second kappa shape index (κ2) is 5.41. The molecule has 3 nitrogen and oxygen atoms in total. The maximum atomic E-state index is 12.3. The standard InChI is InChI=1S/C14H24N2OS/c1-18-11-5-2-9(3-6-11)16-14(17)12-8-10-4-7-13(12)15-10/h9-13,15H,2-8H2,1H3,(H,16,17). The smallest absolute Gasteiger partial charge is 0.224 e. The zero-order valence-electron chi connectivity index (χ0n) is 11.2. The van der Waals surface area contributed by atoms with Crippen LogP contribution in [-0.4, -0.2) is 35.5 Å². The molecular formula is C14H24N2OS. The molecule has 0 aromatic carbocycles. The number of carbonyl (C=O) groups is 1. The molecule has 2 bridgehead atoms. The van der Waals surface area contributed by atoms with Crippen LogP contribution in [0.25, 0.3) is 0 Å². The van der Waals surface area contributed by atoms with Crippen molar-refractivity contribution in [2.45, 2.75) is 68.3 Å². The average molecular weight is 268 g/mol. The summed E-state index contributed by atoms with van der Waals surface area (Å²) in [4.78, 5) is 12.3. The third-order valence-electron chi connectivity index (χ3n) is 4.99. The summed E-state index contributed by atoms with van der Waals surface area (Å²) in [5, 5.41) is 7.67. The van der Waals surface area contributed by atoms with Gasteiger partial charge >= 0.3 is 0 Å². The van der Waals surface area contributed by atoms with Gasteiger partial charge in [0.05, 0.1) is 5.92 Å². The number of thioether (sulfide) groups is 1. The Morgan fingerprint density at radius 2 is 1.94 bits per heavy atom. The SMILES string of the molecule is CSC1CCC(NC(=O)C2CC3CCC2N3)CC1. The van der Waals surface area contributed by atoms with Crippen LogP contribution in [0.3, 0.4) is 0 Å². The van der Waals surface area contributed by atoms with Gasteiger partial charge in [0.15, 0.2) is 0 Å². The minimum atomic E-state index is 0.252. The molecule has 3 atom stereocenters. The van der Waals surface area contributed by atoms with E-state index in [-0.39, 0.29) is 5.92 Å². The Balaban J connectivity index is 1.47. The van der Waals surface area contributed by atoms with Crippen molar-refractivity contribution < 1.29 is 4.79 Å². The van der Waals surface area contributed by atoms with Gasteiger partial charge in [0, 0.05) is 23.4 Å². The number of amides is 1. The van der Waals surface area contributed by atoms with Gasteiger partial charge in [0.1, 0.15) is 0 Å². The Labute approximate surface area is 114 Å². The number of nitrogens with one attached hydrogen (secondary N) is 2. The van der Waals surface area contributed by atoms with E-state index in [9.17, 15) is 4.79 Å². The average Bonchev–Trinajstić information content (AvgIpc) is 3.02. The van der Waals surface area contributed by atoms with Crippen LogP contribution in [0.15, 0.2) is 0 Å². The van der Waals surface area contributed by atoms with Crippen LogP contribution in [0.2, 0.25) is 0 Å². The van der Waals surface area contributed by atoms with Gasteiger partial charge in [0.2, 0.25) is 5.91 Å². The molecule has 3 fully saturated rings. The maximum Gasteiger partial charge on any atom is 0.224 e. The first kappa shape index (κ1) is 12.8. The van der Waals surface area contributed by atoms with Crippen molar-refractivity contribution in [2.24, 2.45) is 5.92 Å².